The van der Waals surface area contributed by atoms with Gasteiger partial charge in [0.2, 0.25) is 0 Å². The zero-order valence-electron chi connectivity index (χ0n) is 18.9. The highest BCUT2D eigenvalue weighted by Crippen LogP contribution is 2.34. The number of aromatic nitrogens is 3. The SMILES string of the molecule is CC(C)(C)OC(=O)N1CCC[C@H]1c1nc2cc(Br)cnc2n1COCC[Si](C)(C)C. The number of ether oxygens (including phenoxy) is 2. The van der Waals surface area contributed by atoms with Gasteiger partial charge in [-0.2, -0.15) is 0 Å². The normalized spacial score (nSPS) is 17.7. The highest BCUT2D eigenvalue weighted by atomic mass is 79.9. The van der Waals surface area contributed by atoms with E-state index >= 15 is 0 Å². The Labute approximate surface area is 188 Å². The lowest BCUT2D eigenvalue weighted by molar-refractivity contribution is 0.0205. The standard InChI is InChI=1S/C21H33BrN4O3Si/c1-21(2,3)29-20(27)25-9-7-8-17(25)19-24-16-12-15(22)13-23-18(16)26(19)14-28-10-11-30(4,5)6/h12-13,17H,7-11,14H2,1-6H3/t17-/m0/s1. The van der Waals surface area contributed by atoms with Crippen molar-refractivity contribution in [3.8, 4) is 0 Å². The van der Waals surface area contributed by atoms with E-state index in [1.807, 2.05) is 31.4 Å². The van der Waals surface area contributed by atoms with Gasteiger partial charge in [0.05, 0.1) is 6.04 Å². The number of rotatable bonds is 6. The van der Waals surface area contributed by atoms with Gasteiger partial charge in [-0.25, -0.2) is 14.8 Å². The van der Waals surface area contributed by atoms with E-state index in [9.17, 15) is 4.79 Å². The summed E-state index contributed by atoms with van der Waals surface area (Å²) in [6, 6.07) is 2.91. The highest BCUT2D eigenvalue weighted by Gasteiger charge is 2.36. The molecule has 3 heterocycles. The molecule has 1 atom stereocenters. The van der Waals surface area contributed by atoms with Crippen LogP contribution < -0.4 is 0 Å². The molecule has 9 heteroatoms. The van der Waals surface area contributed by atoms with Crippen molar-refractivity contribution in [3.63, 3.8) is 0 Å². The van der Waals surface area contributed by atoms with Gasteiger partial charge in [-0.1, -0.05) is 19.6 Å². The van der Waals surface area contributed by atoms with Gasteiger partial charge in [-0.15, -0.1) is 0 Å². The Hall–Kier alpha value is -1.45. The molecule has 1 amide bonds. The smallest absolute Gasteiger partial charge is 0.410 e. The molecule has 30 heavy (non-hydrogen) atoms. The molecule has 2 aromatic rings. The number of carbonyl (C=O) groups is 1. The summed E-state index contributed by atoms with van der Waals surface area (Å²) in [7, 11) is -1.17. The number of nitrogens with zero attached hydrogens (tertiary/aromatic N) is 4. The van der Waals surface area contributed by atoms with Crippen molar-refractivity contribution in [1.29, 1.82) is 0 Å². The number of carbonyl (C=O) groups excluding carboxylic acids is 1. The molecule has 1 saturated heterocycles. The van der Waals surface area contributed by atoms with E-state index in [-0.39, 0.29) is 12.1 Å². The van der Waals surface area contributed by atoms with E-state index in [0.717, 1.165) is 40.3 Å². The lowest BCUT2D eigenvalue weighted by Crippen LogP contribution is -2.37. The molecule has 0 radical (unpaired) electrons. The average Bonchev–Trinajstić information content (AvgIpc) is 3.20. The Bertz CT molecular complexity index is 904. The second-order valence-corrected chi connectivity index (χ2v) is 16.6. The summed E-state index contributed by atoms with van der Waals surface area (Å²) in [6.45, 7) is 14.4. The van der Waals surface area contributed by atoms with Gasteiger partial charge < -0.3 is 9.47 Å². The number of imidazole rings is 1. The van der Waals surface area contributed by atoms with Gasteiger partial charge in [0.25, 0.3) is 0 Å². The largest absolute Gasteiger partial charge is 0.444 e. The van der Waals surface area contributed by atoms with Gasteiger partial charge in [-0.05, 0) is 61.7 Å². The van der Waals surface area contributed by atoms with E-state index in [1.165, 1.54) is 0 Å². The Morgan fingerprint density at radius 3 is 2.73 bits per heavy atom. The molecule has 0 bridgehead atoms. The van der Waals surface area contributed by atoms with Crippen molar-refractivity contribution in [1.82, 2.24) is 19.4 Å². The van der Waals surface area contributed by atoms with Gasteiger partial charge in [-0.3, -0.25) is 9.47 Å². The van der Waals surface area contributed by atoms with Crippen molar-refractivity contribution in [2.75, 3.05) is 13.2 Å². The fourth-order valence-corrected chi connectivity index (χ4v) is 4.57. The van der Waals surface area contributed by atoms with Crippen molar-refractivity contribution >= 4 is 41.3 Å². The van der Waals surface area contributed by atoms with Gasteiger partial charge >= 0.3 is 6.09 Å². The number of pyridine rings is 1. The maximum absolute atomic E-state index is 12.8. The van der Waals surface area contributed by atoms with Gasteiger partial charge in [0.15, 0.2) is 5.65 Å². The third-order valence-corrected chi connectivity index (χ3v) is 7.11. The van der Waals surface area contributed by atoms with Crippen LogP contribution in [0.5, 0.6) is 0 Å². The number of hydrogen-bond acceptors (Lipinski definition) is 5. The molecule has 0 unspecified atom stereocenters. The highest BCUT2D eigenvalue weighted by molar-refractivity contribution is 9.10. The van der Waals surface area contributed by atoms with Crippen LogP contribution in [0.4, 0.5) is 4.79 Å². The van der Waals surface area contributed by atoms with E-state index in [2.05, 4.69) is 40.6 Å². The summed E-state index contributed by atoms with van der Waals surface area (Å²) >= 11 is 3.48. The molecule has 0 aromatic carbocycles. The molecule has 0 N–H and O–H groups in total. The second kappa shape index (κ2) is 8.96. The summed E-state index contributed by atoms with van der Waals surface area (Å²) in [6.07, 6.45) is 3.24. The lowest BCUT2D eigenvalue weighted by Gasteiger charge is -2.28. The van der Waals surface area contributed by atoms with Crippen LogP contribution in [0.15, 0.2) is 16.7 Å². The summed E-state index contributed by atoms with van der Waals surface area (Å²) in [4.78, 5) is 24.0. The van der Waals surface area contributed by atoms with Crippen LogP contribution in [0, 0.1) is 0 Å². The Morgan fingerprint density at radius 2 is 2.07 bits per heavy atom. The molecule has 1 aliphatic heterocycles. The van der Waals surface area contributed by atoms with E-state index < -0.39 is 13.7 Å². The molecule has 0 spiro atoms. The Kier molecular flexibility index (Phi) is 6.93. The zero-order valence-corrected chi connectivity index (χ0v) is 21.5. The third kappa shape index (κ3) is 5.82. The fraction of sp³-hybridized carbons (Fsp3) is 0.667. The molecule has 0 saturated carbocycles. The quantitative estimate of drug-likeness (QED) is 0.385. The van der Waals surface area contributed by atoms with E-state index in [0.29, 0.717) is 19.9 Å². The molecule has 1 fully saturated rings. The molecule has 2 aromatic heterocycles. The molecule has 7 nitrogen and oxygen atoms in total. The first-order valence-electron chi connectivity index (χ1n) is 10.5. The Morgan fingerprint density at radius 1 is 1.33 bits per heavy atom. The Balaban J connectivity index is 1.88. The van der Waals surface area contributed by atoms with Crippen LogP contribution in [-0.2, 0) is 16.2 Å². The third-order valence-electron chi connectivity index (χ3n) is 4.98. The number of amides is 1. The maximum Gasteiger partial charge on any atom is 0.410 e. The number of fused-ring (bicyclic) bond motifs is 1. The first-order valence-corrected chi connectivity index (χ1v) is 15.0. The first kappa shape index (κ1) is 23.2. The fourth-order valence-electron chi connectivity index (χ4n) is 3.49. The van der Waals surface area contributed by atoms with Crippen LogP contribution in [0.3, 0.4) is 0 Å². The topological polar surface area (TPSA) is 69.5 Å². The average molecular weight is 498 g/mol. The van der Waals surface area contributed by atoms with Crippen LogP contribution in [0.25, 0.3) is 11.2 Å². The molecule has 1 aliphatic rings. The number of likely N-dealkylation sites (tertiary alicyclic amines) is 1. The number of halogens is 1. The maximum atomic E-state index is 12.8. The minimum Gasteiger partial charge on any atom is -0.444 e. The van der Waals surface area contributed by atoms with Crippen molar-refractivity contribution in [2.45, 2.75) is 77.7 Å². The molecule has 166 valence electrons. The first-order chi connectivity index (χ1) is 13.9. The minimum atomic E-state index is -1.17. The predicted octanol–water partition coefficient (Wildman–Crippen LogP) is 5.58. The van der Waals surface area contributed by atoms with E-state index in [1.54, 1.807) is 11.1 Å². The monoisotopic (exact) mass is 496 g/mol. The van der Waals surface area contributed by atoms with Crippen molar-refractivity contribution in [3.05, 3.63) is 22.6 Å². The van der Waals surface area contributed by atoms with Crippen LogP contribution >= 0.6 is 15.9 Å². The van der Waals surface area contributed by atoms with Crippen LogP contribution in [-0.4, -0.2) is 52.4 Å². The molecule has 0 aliphatic carbocycles. The lowest BCUT2D eigenvalue weighted by atomic mass is 10.2. The summed E-state index contributed by atoms with van der Waals surface area (Å²) in [5.74, 6) is 0.812. The summed E-state index contributed by atoms with van der Waals surface area (Å²) in [5.41, 5.74) is 1.04. The minimum absolute atomic E-state index is 0.145. The summed E-state index contributed by atoms with van der Waals surface area (Å²) in [5, 5.41) is 0. The van der Waals surface area contributed by atoms with Crippen molar-refractivity contribution in [2.24, 2.45) is 0 Å². The number of hydrogen-bond donors (Lipinski definition) is 0. The van der Waals surface area contributed by atoms with E-state index in [4.69, 9.17) is 14.5 Å². The van der Waals surface area contributed by atoms with Gasteiger partial charge in [0.1, 0.15) is 23.7 Å². The van der Waals surface area contributed by atoms with Crippen molar-refractivity contribution < 1.29 is 14.3 Å². The predicted molar refractivity (Wildman–Crippen MR) is 124 cm³/mol. The molecular formula is C21H33BrN4O3Si. The van der Waals surface area contributed by atoms with Crippen LogP contribution in [0.1, 0.15) is 45.5 Å². The van der Waals surface area contributed by atoms with Crippen LogP contribution in [0.2, 0.25) is 25.7 Å². The van der Waals surface area contributed by atoms with Gasteiger partial charge in [0, 0.05) is 31.9 Å². The zero-order chi connectivity index (χ0) is 22.1. The second-order valence-electron chi connectivity index (χ2n) is 10.1. The molecule has 3 rings (SSSR count). The molecular weight excluding hydrogens is 464 g/mol. The summed E-state index contributed by atoms with van der Waals surface area (Å²) < 4.78 is 14.6.